The van der Waals surface area contributed by atoms with Gasteiger partial charge in [0.1, 0.15) is 6.54 Å². The number of carbonyl (C=O) groups is 2. The number of amides is 2. The Labute approximate surface area is 140 Å². The standard InChI is InChI=1S/C13H18F3N5O4/c1-3-25-12(24)20-6-4-19(5-7-20)9(22)8-21-11(23)18(2)10(17-21)13(14,15)16/h3-8H2,1-2H3. The first-order chi connectivity index (χ1) is 11.6. The summed E-state index contributed by atoms with van der Waals surface area (Å²) >= 11 is 0. The third kappa shape index (κ3) is 4.12. The van der Waals surface area contributed by atoms with Crippen LogP contribution in [0.5, 0.6) is 0 Å². The van der Waals surface area contributed by atoms with E-state index in [9.17, 15) is 27.6 Å². The molecule has 1 aliphatic rings. The van der Waals surface area contributed by atoms with Crippen LogP contribution in [0.15, 0.2) is 4.79 Å². The summed E-state index contributed by atoms with van der Waals surface area (Å²) in [4.78, 5) is 38.4. The molecule has 12 heteroatoms. The lowest BCUT2D eigenvalue weighted by Gasteiger charge is -2.33. The minimum Gasteiger partial charge on any atom is -0.450 e. The first-order valence-corrected chi connectivity index (χ1v) is 7.55. The Morgan fingerprint density at radius 2 is 1.72 bits per heavy atom. The van der Waals surface area contributed by atoms with E-state index in [4.69, 9.17) is 4.74 Å². The summed E-state index contributed by atoms with van der Waals surface area (Å²) in [5.74, 6) is -1.91. The molecule has 0 atom stereocenters. The average Bonchev–Trinajstić information content (AvgIpc) is 2.83. The Bertz CT molecular complexity index is 703. The first kappa shape index (κ1) is 18.8. The molecule has 2 heterocycles. The van der Waals surface area contributed by atoms with E-state index < -0.39 is 36.2 Å². The van der Waals surface area contributed by atoms with Gasteiger partial charge in [-0.15, -0.1) is 5.10 Å². The normalized spacial score (nSPS) is 15.4. The van der Waals surface area contributed by atoms with Crippen LogP contribution in [0.25, 0.3) is 0 Å². The predicted octanol–water partition coefficient (Wildman–Crippen LogP) is -0.0987. The number of rotatable bonds is 3. The van der Waals surface area contributed by atoms with E-state index >= 15 is 0 Å². The largest absolute Gasteiger partial charge is 0.451 e. The molecule has 0 spiro atoms. The highest BCUT2D eigenvalue weighted by Gasteiger charge is 2.38. The molecule has 0 N–H and O–H groups in total. The summed E-state index contributed by atoms with van der Waals surface area (Å²) in [6.45, 7) is 2.21. The molecule has 2 amide bonds. The molecular weight excluding hydrogens is 347 g/mol. The van der Waals surface area contributed by atoms with Gasteiger partial charge in [0, 0.05) is 33.2 Å². The molecule has 0 aliphatic carbocycles. The van der Waals surface area contributed by atoms with Crippen molar-refractivity contribution >= 4 is 12.0 Å². The minimum atomic E-state index is -4.78. The number of hydrogen-bond acceptors (Lipinski definition) is 5. The van der Waals surface area contributed by atoms with Gasteiger partial charge in [-0.05, 0) is 6.92 Å². The van der Waals surface area contributed by atoms with Gasteiger partial charge in [-0.2, -0.15) is 13.2 Å². The maximum Gasteiger partial charge on any atom is 0.451 e. The van der Waals surface area contributed by atoms with Crippen molar-refractivity contribution in [3.8, 4) is 0 Å². The molecular formula is C13H18F3N5O4. The Hall–Kier alpha value is -2.53. The quantitative estimate of drug-likeness (QED) is 0.746. The minimum absolute atomic E-state index is 0.200. The number of alkyl halides is 3. The summed E-state index contributed by atoms with van der Waals surface area (Å²) in [7, 11) is 0.942. The lowest BCUT2D eigenvalue weighted by atomic mass is 10.3. The van der Waals surface area contributed by atoms with Crippen LogP contribution in [0.3, 0.4) is 0 Å². The van der Waals surface area contributed by atoms with E-state index in [1.807, 2.05) is 0 Å². The lowest BCUT2D eigenvalue weighted by Crippen LogP contribution is -2.51. The van der Waals surface area contributed by atoms with Crippen LogP contribution in [0.1, 0.15) is 12.7 Å². The van der Waals surface area contributed by atoms with E-state index in [2.05, 4.69) is 5.10 Å². The summed E-state index contributed by atoms with van der Waals surface area (Å²) in [6, 6.07) is 0. The molecule has 1 aromatic heterocycles. The molecule has 140 valence electrons. The van der Waals surface area contributed by atoms with Crippen molar-refractivity contribution < 1.29 is 27.5 Å². The fourth-order valence-corrected chi connectivity index (χ4v) is 2.42. The molecule has 0 radical (unpaired) electrons. The molecule has 25 heavy (non-hydrogen) atoms. The number of ether oxygens (including phenoxy) is 1. The maximum atomic E-state index is 12.7. The number of aromatic nitrogens is 3. The second-order valence-electron chi connectivity index (χ2n) is 5.39. The van der Waals surface area contributed by atoms with Gasteiger partial charge < -0.3 is 14.5 Å². The highest BCUT2D eigenvalue weighted by Crippen LogP contribution is 2.25. The zero-order valence-corrected chi connectivity index (χ0v) is 13.7. The molecule has 9 nitrogen and oxygen atoms in total. The summed E-state index contributed by atoms with van der Waals surface area (Å²) < 4.78 is 43.9. The van der Waals surface area contributed by atoms with E-state index in [1.165, 1.54) is 9.80 Å². The van der Waals surface area contributed by atoms with E-state index in [-0.39, 0.29) is 32.8 Å². The second-order valence-corrected chi connectivity index (χ2v) is 5.39. The number of hydrogen-bond donors (Lipinski definition) is 0. The molecule has 1 aromatic rings. The van der Waals surface area contributed by atoms with Crippen LogP contribution in [0.4, 0.5) is 18.0 Å². The van der Waals surface area contributed by atoms with Gasteiger partial charge in [0.25, 0.3) is 0 Å². The summed E-state index contributed by atoms with van der Waals surface area (Å²) in [5, 5.41) is 3.19. The fourth-order valence-electron chi connectivity index (χ4n) is 2.42. The molecule has 2 rings (SSSR count). The topological polar surface area (TPSA) is 89.7 Å². The van der Waals surface area contributed by atoms with E-state index in [1.54, 1.807) is 6.92 Å². The average molecular weight is 365 g/mol. The monoisotopic (exact) mass is 365 g/mol. The Morgan fingerprint density at radius 3 is 2.20 bits per heavy atom. The summed E-state index contributed by atoms with van der Waals surface area (Å²) in [6.07, 6.45) is -5.27. The van der Waals surface area contributed by atoms with Crippen LogP contribution >= 0.6 is 0 Å². The van der Waals surface area contributed by atoms with Crippen molar-refractivity contribution in [2.75, 3.05) is 32.8 Å². The summed E-state index contributed by atoms with van der Waals surface area (Å²) in [5.41, 5.74) is -1.02. The molecule has 1 saturated heterocycles. The Morgan fingerprint density at radius 1 is 1.16 bits per heavy atom. The lowest BCUT2D eigenvalue weighted by molar-refractivity contribution is -0.147. The third-order valence-electron chi connectivity index (χ3n) is 3.74. The number of piperazine rings is 1. The van der Waals surface area contributed by atoms with Crippen LogP contribution in [-0.2, 0) is 29.3 Å². The Balaban J connectivity index is 2.00. The zero-order valence-electron chi connectivity index (χ0n) is 13.7. The van der Waals surface area contributed by atoms with Crippen molar-refractivity contribution in [3.63, 3.8) is 0 Å². The van der Waals surface area contributed by atoms with Crippen molar-refractivity contribution in [2.24, 2.45) is 7.05 Å². The van der Waals surface area contributed by atoms with Crippen molar-refractivity contribution in [1.82, 2.24) is 24.1 Å². The van der Waals surface area contributed by atoms with Crippen LogP contribution in [-0.4, -0.2) is 68.9 Å². The van der Waals surface area contributed by atoms with Gasteiger partial charge in [-0.3, -0.25) is 9.36 Å². The van der Waals surface area contributed by atoms with E-state index in [0.29, 0.717) is 9.25 Å². The molecule has 1 aliphatic heterocycles. The third-order valence-corrected chi connectivity index (χ3v) is 3.74. The van der Waals surface area contributed by atoms with Crippen LogP contribution in [0, 0.1) is 0 Å². The van der Waals surface area contributed by atoms with Crippen molar-refractivity contribution in [3.05, 3.63) is 16.3 Å². The SMILES string of the molecule is CCOC(=O)N1CCN(C(=O)Cn2nc(C(F)(F)F)n(C)c2=O)CC1. The van der Waals surface area contributed by atoms with Crippen molar-refractivity contribution in [2.45, 2.75) is 19.6 Å². The molecule has 0 bridgehead atoms. The molecule has 1 fully saturated rings. The van der Waals surface area contributed by atoms with E-state index in [0.717, 1.165) is 7.05 Å². The highest BCUT2D eigenvalue weighted by atomic mass is 19.4. The molecule has 0 unspecified atom stereocenters. The van der Waals surface area contributed by atoms with Crippen LogP contribution < -0.4 is 5.69 Å². The Kier molecular flexibility index (Phi) is 5.38. The van der Waals surface area contributed by atoms with Gasteiger partial charge in [-0.25, -0.2) is 14.3 Å². The van der Waals surface area contributed by atoms with Gasteiger partial charge >= 0.3 is 18.0 Å². The second kappa shape index (κ2) is 7.15. The smallest absolute Gasteiger partial charge is 0.450 e. The van der Waals surface area contributed by atoms with Gasteiger partial charge in [0.15, 0.2) is 0 Å². The van der Waals surface area contributed by atoms with Gasteiger partial charge in [0.05, 0.1) is 6.61 Å². The maximum absolute atomic E-state index is 12.7. The predicted molar refractivity (Wildman–Crippen MR) is 77.6 cm³/mol. The highest BCUT2D eigenvalue weighted by molar-refractivity contribution is 5.76. The first-order valence-electron chi connectivity index (χ1n) is 7.55. The van der Waals surface area contributed by atoms with Gasteiger partial charge in [0.2, 0.25) is 11.7 Å². The van der Waals surface area contributed by atoms with Crippen molar-refractivity contribution in [1.29, 1.82) is 0 Å². The number of carbonyl (C=O) groups excluding carboxylic acids is 2. The zero-order chi connectivity index (χ0) is 18.8. The number of nitrogens with zero attached hydrogens (tertiary/aromatic N) is 5. The van der Waals surface area contributed by atoms with Crippen LogP contribution in [0.2, 0.25) is 0 Å². The number of halogens is 3. The molecule has 0 saturated carbocycles. The molecule has 0 aromatic carbocycles. The van der Waals surface area contributed by atoms with Gasteiger partial charge in [-0.1, -0.05) is 0 Å². The fraction of sp³-hybridized carbons (Fsp3) is 0.692.